The van der Waals surface area contributed by atoms with E-state index in [1.807, 2.05) is 6.08 Å². The minimum Gasteiger partial charge on any atom is -0.481 e. The van der Waals surface area contributed by atoms with Crippen molar-refractivity contribution in [2.24, 2.45) is 0 Å². The van der Waals surface area contributed by atoms with Crippen molar-refractivity contribution in [2.75, 3.05) is 11.5 Å². The molecule has 0 aromatic rings. The van der Waals surface area contributed by atoms with Gasteiger partial charge in [0.15, 0.2) is 0 Å². The monoisotopic (exact) mass is 160 g/mol. The number of hydrogen-bond acceptors (Lipinski definition) is 2. The Morgan fingerprint density at radius 1 is 1.70 bits per heavy atom. The summed E-state index contributed by atoms with van der Waals surface area (Å²) in [6.07, 6.45) is 3.86. The summed E-state index contributed by atoms with van der Waals surface area (Å²) in [4.78, 5) is 9.99. The van der Waals surface area contributed by atoms with E-state index in [0.717, 1.165) is 18.6 Å². The van der Waals surface area contributed by atoms with Gasteiger partial charge in [0.05, 0.1) is 5.75 Å². The number of carboxylic acid groups (broad SMARTS) is 1. The Hall–Kier alpha value is -0.440. The van der Waals surface area contributed by atoms with Gasteiger partial charge in [0.2, 0.25) is 0 Å². The Morgan fingerprint density at radius 2 is 2.40 bits per heavy atom. The Balaban J connectivity index is 2.90. The molecule has 0 heterocycles. The molecule has 3 heteroatoms. The molecule has 0 aromatic heterocycles. The Labute approximate surface area is 65.3 Å². The van der Waals surface area contributed by atoms with Crippen molar-refractivity contribution in [3.8, 4) is 0 Å². The first-order chi connectivity index (χ1) is 4.77. The van der Waals surface area contributed by atoms with Crippen LogP contribution in [0, 0.1) is 0 Å². The largest absolute Gasteiger partial charge is 0.481 e. The standard InChI is InChI=1S/C7H12O2S/c1-2-3-4-5-10-6-7(8)9/h2H,1,3-6H2,(H,8,9). The third-order valence-corrected chi connectivity index (χ3v) is 1.95. The minimum atomic E-state index is -0.733. The van der Waals surface area contributed by atoms with E-state index in [-0.39, 0.29) is 5.75 Å². The lowest BCUT2D eigenvalue weighted by Crippen LogP contribution is -1.98. The van der Waals surface area contributed by atoms with E-state index in [2.05, 4.69) is 6.58 Å². The molecule has 0 saturated carbocycles. The van der Waals surface area contributed by atoms with E-state index in [0.29, 0.717) is 0 Å². The van der Waals surface area contributed by atoms with E-state index in [4.69, 9.17) is 5.11 Å². The van der Waals surface area contributed by atoms with Crippen LogP contribution in [-0.4, -0.2) is 22.6 Å². The molecule has 1 N–H and O–H groups in total. The zero-order chi connectivity index (χ0) is 7.82. The third-order valence-electron chi connectivity index (χ3n) is 0.922. The number of aliphatic carboxylic acids is 1. The summed E-state index contributed by atoms with van der Waals surface area (Å²) >= 11 is 1.45. The van der Waals surface area contributed by atoms with Crippen molar-refractivity contribution in [3.63, 3.8) is 0 Å². The predicted octanol–water partition coefficient (Wildman–Crippen LogP) is 1.77. The topological polar surface area (TPSA) is 37.3 Å². The molecule has 0 spiro atoms. The summed E-state index contributed by atoms with van der Waals surface area (Å²) in [5, 5.41) is 8.23. The molecule has 0 aromatic carbocycles. The van der Waals surface area contributed by atoms with Crippen LogP contribution in [-0.2, 0) is 4.79 Å². The highest BCUT2D eigenvalue weighted by Crippen LogP contribution is 2.03. The van der Waals surface area contributed by atoms with E-state index >= 15 is 0 Å². The van der Waals surface area contributed by atoms with Crippen molar-refractivity contribution in [1.82, 2.24) is 0 Å². The Bertz CT molecular complexity index is 112. The second-order valence-corrected chi connectivity index (χ2v) is 2.98. The van der Waals surface area contributed by atoms with Crippen molar-refractivity contribution in [3.05, 3.63) is 12.7 Å². The molecule has 0 unspecified atom stereocenters. The molecular formula is C7H12O2S. The molecular weight excluding hydrogens is 148 g/mol. The van der Waals surface area contributed by atoms with Crippen LogP contribution < -0.4 is 0 Å². The summed E-state index contributed by atoms with van der Waals surface area (Å²) in [6.45, 7) is 3.57. The number of hydrogen-bond donors (Lipinski definition) is 1. The van der Waals surface area contributed by atoms with Crippen LogP contribution in [0.5, 0.6) is 0 Å². The van der Waals surface area contributed by atoms with Gasteiger partial charge in [-0.1, -0.05) is 6.08 Å². The third kappa shape index (κ3) is 7.56. The average Bonchev–Trinajstić information content (AvgIpc) is 1.87. The van der Waals surface area contributed by atoms with E-state index in [1.165, 1.54) is 11.8 Å². The maximum Gasteiger partial charge on any atom is 0.313 e. The van der Waals surface area contributed by atoms with Crippen molar-refractivity contribution in [2.45, 2.75) is 12.8 Å². The number of unbranched alkanes of at least 4 members (excludes halogenated alkanes) is 1. The zero-order valence-corrected chi connectivity index (χ0v) is 6.69. The average molecular weight is 160 g/mol. The number of allylic oxidation sites excluding steroid dienone is 1. The molecule has 0 atom stereocenters. The summed E-state index contributed by atoms with van der Waals surface area (Å²) in [6, 6.07) is 0. The summed E-state index contributed by atoms with van der Waals surface area (Å²) in [5.41, 5.74) is 0. The predicted molar refractivity (Wildman–Crippen MR) is 44.4 cm³/mol. The molecule has 0 saturated heterocycles. The fourth-order valence-electron chi connectivity index (χ4n) is 0.489. The van der Waals surface area contributed by atoms with Gasteiger partial charge in [-0.2, -0.15) is 11.8 Å². The molecule has 0 bridgehead atoms. The first-order valence-corrected chi connectivity index (χ1v) is 4.33. The number of carbonyl (C=O) groups is 1. The normalized spacial score (nSPS) is 9.20. The molecule has 0 rings (SSSR count). The first kappa shape index (κ1) is 9.56. The lowest BCUT2D eigenvalue weighted by Gasteiger charge is -1.93. The number of thioether (sulfide) groups is 1. The lowest BCUT2D eigenvalue weighted by atomic mass is 10.3. The van der Waals surface area contributed by atoms with Gasteiger partial charge in [-0.15, -0.1) is 6.58 Å². The fraction of sp³-hybridized carbons (Fsp3) is 0.571. The SMILES string of the molecule is C=CCCCSCC(=O)O. The minimum absolute atomic E-state index is 0.219. The fourth-order valence-corrected chi connectivity index (χ4v) is 1.18. The maximum atomic E-state index is 9.99. The van der Waals surface area contributed by atoms with Crippen LogP contribution in [0.3, 0.4) is 0 Å². The van der Waals surface area contributed by atoms with Gasteiger partial charge in [0, 0.05) is 0 Å². The van der Waals surface area contributed by atoms with Crippen molar-refractivity contribution in [1.29, 1.82) is 0 Å². The molecule has 0 aliphatic carbocycles. The van der Waals surface area contributed by atoms with Crippen molar-refractivity contribution < 1.29 is 9.90 Å². The molecule has 0 amide bonds. The van der Waals surface area contributed by atoms with Gasteiger partial charge >= 0.3 is 5.97 Å². The zero-order valence-electron chi connectivity index (χ0n) is 5.88. The van der Waals surface area contributed by atoms with Gasteiger partial charge < -0.3 is 5.11 Å². The van der Waals surface area contributed by atoms with Gasteiger partial charge in [-0.05, 0) is 18.6 Å². The van der Waals surface area contributed by atoms with Crippen LogP contribution in [0.2, 0.25) is 0 Å². The van der Waals surface area contributed by atoms with Crippen LogP contribution >= 0.6 is 11.8 Å². The van der Waals surface area contributed by atoms with Gasteiger partial charge in [-0.25, -0.2) is 0 Å². The molecule has 2 nitrogen and oxygen atoms in total. The Morgan fingerprint density at radius 3 is 2.90 bits per heavy atom. The lowest BCUT2D eigenvalue weighted by molar-refractivity contribution is -0.133. The summed E-state index contributed by atoms with van der Waals surface area (Å²) < 4.78 is 0. The maximum absolute atomic E-state index is 9.99. The second-order valence-electron chi connectivity index (χ2n) is 1.88. The van der Waals surface area contributed by atoms with Gasteiger partial charge in [-0.3, -0.25) is 4.79 Å². The second kappa shape index (κ2) is 6.68. The van der Waals surface area contributed by atoms with Crippen LogP contribution in [0.1, 0.15) is 12.8 Å². The van der Waals surface area contributed by atoms with Crippen LogP contribution in [0.4, 0.5) is 0 Å². The molecule has 10 heavy (non-hydrogen) atoms. The highest BCUT2D eigenvalue weighted by atomic mass is 32.2. The highest BCUT2D eigenvalue weighted by Gasteiger charge is 1.94. The summed E-state index contributed by atoms with van der Waals surface area (Å²) in [5.74, 6) is 0.402. The smallest absolute Gasteiger partial charge is 0.313 e. The van der Waals surface area contributed by atoms with E-state index in [1.54, 1.807) is 0 Å². The highest BCUT2D eigenvalue weighted by molar-refractivity contribution is 7.99. The van der Waals surface area contributed by atoms with Crippen LogP contribution in [0.25, 0.3) is 0 Å². The van der Waals surface area contributed by atoms with E-state index < -0.39 is 5.97 Å². The molecule has 0 aliphatic heterocycles. The number of rotatable bonds is 6. The molecule has 58 valence electrons. The number of carboxylic acids is 1. The van der Waals surface area contributed by atoms with Gasteiger partial charge in [0.25, 0.3) is 0 Å². The Kier molecular flexibility index (Phi) is 6.38. The summed E-state index contributed by atoms with van der Waals surface area (Å²) in [7, 11) is 0. The first-order valence-electron chi connectivity index (χ1n) is 3.18. The van der Waals surface area contributed by atoms with Gasteiger partial charge in [0.1, 0.15) is 0 Å². The molecule has 0 fully saturated rings. The molecule has 0 radical (unpaired) electrons. The van der Waals surface area contributed by atoms with Crippen LogP contribution in [0.15, 0.2) is 12.7 Å². The quantitative estimate of drug-likeness (QED) is 0.475. The van der Waals surface area contributed by atoms with E-state index in [9.17, 15) is 4.79 Å². The molecule has 0 aliphatic rings. The van der Waals surface area contributed by atoms with Crippen molar-refractivity contribution >= 4 is 17.7 Å².